The third kappa shape index (κ3) is 3.75. The van der Waals surface area contributed by atoms with Crippen molar-refractivity contribution in [1.29, 1.82) is 0 Å². The predicted molar refractivity (Wildman–Crippen MR) is 87.9 cm³/mol. The van der Waals surface area contributed by atoms with Crippen molar-refractivity contribution in [3.05, 3.63) is 18.2 Å². The van der Waals surface area contributed by atoms with Crippen LogP contribution < -0.4 is 0 Å². The number of ether oxygens (including phenoxy) is 1. The molecule has 1 saturated heterocycles. The monoisotopic (exact) mass is 320 g/mol. The molecule has 23 heavy (non-hydrogen) atoms. The number of likely N-dealkylation sites (N-methyl/N-ethyl adjacent to an activating group) is 1. The number of hydrogen-bond donors (Lipinski definition) is 0. The molecule has 1 aliphatic carbocycles. The van der Waals surface area contributed by atoms with Crippen molar-refractivity contribution in [1.82, 2.24) is 19.4 Å². The van der Waals surface area contributed by atoms with Crippen LogP contribution in [0.15, 0.2) is 12.4 Å². The van der Waals surface area contributed by atoms with Gasteiger partial charge < -0.3 is 14.2 Å². The van der Waals surface area contributed by atoms with E-state index in [1.54, 1.807) is 0 Å². The van der Waals surface area contributed by atoms with Crippen LogP contribution in [0.3, 0.4) is 0 Å². The number of imidazole rings is 1. The zero-order chi connectivity index (χ0) is 16.4. The third-order valence-corrected chi connectivity index (χ3v) is 4.99. The number of carbonyl (C=O) groups excluding carboxylic acids is 1. The fourth-order valence-electron chi connectivity index (χ4n) is 3.24. The molecule has 3 rings (SSSR count). The van der Waals surface area contributed by atoms with E-state index in [0.29, 0.717) is 12.5 Å². The predicted octanol–water partition coefficient (Wildman–Crippen LogP) is 1.44. The van der Waals surface area contributed by atoms with Gasteiger partial charge >= 0.3 is 0 Å². The SMILES string of the molecule is CCN1CCN(C(=O)C(C)OCC2CC2)CC1c1nccn1C. The molecule has 2 unspecified atom stereocenters. The lowest BCUT2D eigenvalue weighted by molar-refractivity contribution is -0.146. The van der Waals surface area contributed by atoms with Crippen LogP contribution in [0.25, 0.3) is 0 Å². The van der Waals surface area contributed by atoms with Gasteiger partial charge in [-0.3, -0.25) is 9.69 Å². The molecule has 1 saturated carbocycles. The number of hydrogen-bond acceptors (Lipinski definition) is 4. The summed E-state index contributed by atoms with van der Waals surface area (Å²) in [7, 11) is 2.01. The van der Waals surface area contributed by atoms with Gasteiger partial charge in [0.1, 0.15) is 11.9 Å². The third-order valence-electron chi connectivity index (χ3n) is 4.99. The van der Waals surface area contributed by atoms with Gasteiger partial charge in [-0.15, -0.1) is 0 Å². The highest BCUT2D eigenvalue weighted by Gasteiger charge is 2.34. The Kier molecular flexibility index (Phi) is 5.02. The van der Waals surface area contributed by atoms with E-state index in [2.05, 4.69) is 16.8 Å². The lowest BCUT2D eigenvalue weighted by Gasteiger charge is -2.41. The normalized spacial score (nSPS) is 24.0. The number of aromatic nitrogens is 2. The Morgan fingerprint density at radius 3 is 2.83 bits per heavy atom. The van der Waals surface area contributed by atoms with Gasteiger partial charge in [0, 0.05) is 39.1 Å². The van der Waals surface area contributed by atoms with Gasteiger partial charge in [-0.25, -0.2) is 4.98 Å². The molecule has 6 heteroatoms. The number of piperazine rings is 1. The van der Waals surface area contributed by atoms with Gasteiger partial charge in [0.15, 0.2) is 0 Å². The zero-order valence-electron chi connectivity index (χ0n) is 14.4. The van der Waals surface area contributed by atoms with Crippen molar-refractivity contribution in [3.8, 4) is 0 Å². The second-order valence-corrected chi connectivity index (χ2v) is 6.74. The van der Waals surface area contributed by atoms with Crippen molar-refractivity contribution >= 4 is 5.91 Å². The molecule has 2 aliphatic rings. The van der Waals surface area contributed by atoms with Crippen LogP contribution in [0.4, 0.5) is 0 Å². The molecule has 2 atom stereocenters. The lowest BCUT2D eigenvalue weighted by atomic mass is 10.1. The summed E-state index contributed by atoms with van der Waals surface area (Å²) >= 11 is 0. The molecule has 1 amide bonds. The maximum Gasteiger partial charge on any atom is 0.251 e. The van der Waals surface area contributed by atoms with Gasteiger partial charge in [0.25, 0.3) is 5.91 Å². The van der Waals surface area contributed by atoms with Crippen molar-refractivity contribution in [2.75, 3.05) is 32.8 Å². The summed E-state index contributed by atoms with van der Waals surface area (Å²) in [4.78, 5) is 21.5. The minimum absolute atomic E-state index is 0.112. The number of amides is 1. The number of nitrogens with zero attached hydrogens (tertiary/aromatic N) is 4. The number of rotatable bonds is 6. The van der Waals surface area contributed by atoms with Crippen LogP contribution in [0.5, 0.6) is 0 Å². The fourth-order valence-corrected chi connectivity index (χ4v) is 3.24. The Labute approximate surface area is 138 Å². The van der Waals surface area contributed by atoms with Crippen molar-refractivity contribution < 1.29 is 9.53 Å². The first-order valence-electron chi connectivity index (χ1n) is 8.71. The molecule has 0 radical (unpaired) electrons. The lowest BCUT2D eigenvalue weighted by Crippen LogP contribution is -2.53. The largest absolute Gasteiger partial charge is 0.368 e. The minimum atomic E-state index is -0.342. The van der Waals surface area contributed by atoms with E-state index < -0.39 is 0 Å². The number of aryl methyl sites for hydroxylation is 1. The second kappa shape index (κ2) is 7.01. The summed E-state index contributed by atoms with van der Waals surface area (Å²) in [5.74, 6) is 1.82. The Morgan fingerprint density at radius 2 is 2.22 bits per heavy atom. The molecule has 0 spiro atoms. The maximum absolute atomic E-state index is 12.7. The Balaban J connectivity index is 1.64. The van der Waals surface area contributed by atoms with E-state index >= 15 is 0 Å². The van der Waals surface area contributed by atoms with Gasteiger partial charge in [-0.1, -0.05) is 6.92 Å². The van der Waals surface area contributed by atoms with E-state index in [1.165, 1.54) is 12.8 Å². The molecule has 1 aliphatic heterocycles. The standard InChI is InChI=1S/C17H28N4O2/c1-4-20-9-10-21(11-15(20)16-18-7-8-19(16)3)17(22)13(2)23-12-14-5-6-14/h7-8,13-15H,4-6,9-12H2,1-3H3. The van der Waals surface area contributed by atoms with Gasteiger partial charge in [0.05, 0.1) is 12.6 Å². The topological polar surface area (TPSA) is 50.6 Å². The van der Waals surface area contributed by atoms with Crippen LogP contribution >= 0.6 is 0 Å². The van der Waals surface area contributed by atoms with Gasteiger partial charge in [0.2, 0.25) is 0 Å². The van der Waals surface area contributed by atoms with E-state index in [9.17, 15) is 4.79 Å². The van der Waals surface area contributed by atoms with E-state index in [1.807, 2.05) is 35.8 Å². The molecule has 0 N–H and O–H groups in total. The van der Waals surface area contributed by atoms with Crippen LogP contribution in [0.2, 0.25) is 0 Å². The average Bonchev–Trinajstić information content (AvgIpc) is 3.31. The Morgan fingerprint density at radius 1 is 1.43 bits per heavy atom. The molecular weight excluding hydrogens is 292 g/mol. The van der Waals surface area contributed by atoms with Crippen molar-refractivity contribution in [2.45, 2.75) is 38.8 Å². The first-order valence-corrected chi connectivity index (χ1v) is 8.71. The Bertz CT molecular complexity index is 540. The molecule has 128 valence electrons. The molecule has 1 aromatic heterocycles. The van der Waals surface area contributed by atoms with Gasteiger partial charge in [-0.05, 0) is 32.2 Å². The summed E-state index contributed by atoms with van der Waals surface area (Å²) in [5.41, 5.74) is 0. The van der Waals surface area contributed by atoms with E-state index in [0.717, 1.165) is 32.1 Å². The number of carbonyl (C=O) groups is 1. The molecule has 1 aromatic rings. The van der Waals surface area contributed by atoms with Crippen LogP contribution in [-0.2, 0) is 16.6 Å². The maximum atomic E-state index is 12.7. The molecule has 0 bridgehead atoms. The van der Waals surface area contributed by atoms with E-state index in [4.69, 9.17) is 4.74 Å². The molecule has 6 nitrogen and oxygen atoms in total. The van der Waals surface area contributed by atoms with Crippen LogP contribution in [-0.4, -0.2) is 64.1 Å². The summed E-state index contributed by atoms with van der Waals surface area (Å²) in [6.45, 7) is 8.08. The average molecular weight is 320 g/mol. The summed E-state index contributed by atoms with van der Waals surface area (Å²) in [5, 5.41) is 0. The first kappa shape index (κ1) is 16.5. The van der Waals surface area contributed by atoms with Crippen LogP contribution in [0.1, 0.15) is 38.6 Å². The smallest absolute Gasteiger partial charge is 0.251 e. The van der Waals surface area contributed by atoms with Crippen molar-refractivity contribution in [2.24, 2.45) is 13.0 Å². The summed E-state index contributed by atoms with van der Waals surface area (Å²) in [6.07, 6.45) is 5.94. The quantitative estimate of drug-likeness (QED) is 0.796. The Hall–Kier alpha value is -1.40. The molecule has 0 aromatic carbocycles. The first-order chi connectivity index (χ1) is 11.1. The highest BCUT2D eigenvalue weighted by Crippen LogP contribution is 2.29. The molecule has 2 fully saturated rings. The summed E-state index contributed by atoms with van der Waals surface area (Å²) < 4.78 is 7.81. The highest BCUT2D eigenvalue weighted by atomic mass is 16.5. The summed E-state index contributed by atoms with van der Waals surface area (Å²) in [6, 6.07) is 0.160. The molecule has 2 heterocycles. The van der Waals surface area contributed by atoms with E-state index in [-0.39, 0.29) is 18.1 Å². The second-order valence-electron chi connectivity index (χ2n) is 6.74. The fraction of sp³-hybridized carbons (Fsp3) is 0.765. The van der Waals surface area contributed by atoms with Gasteiger partial charge in [-0.2, -0.15) is 0 Å². The minimum Gasteiger partial charge on any atom is -0.368 e. The molecular formula is C17H28N4O2. The van der Waals surface area contributed by atoms with Crippen LogP contribution in [0, 0.1) is 5.92 Å². The highest BCUT2D eigenvalue weighted by molar-refractivity contribution is 5.80. The zero-order valence-corrected chi connectivity index (χ0v) is 14.4. The van der Waals surface area contributed by atoms with Crippen molar-refractivity contribution in [3.63, 3.8) is 0 Å².